The first-order chi connectivity index (χ1) is 12.0. The SMILES string of the molecule is CC(=O)Nc1ccc(OCC(O)CN2CCc3cccc(C)c32)cc1. The monoisotopic (exact) mass is 340 g/mol. The van der Waals surface area contributed by atoms with Crippen molar-refractivity contribution in [2.45, 2.75) is 26.4 Å². The van der Waals surface area contributed by atoms with Crippen molar-refractivity contribution in [1.29, 1.82) is 0 Å². The molecular formula is C20H24N2O3. The predicted octanol–water partition coefficient (Wildman–Crippen LogP) is 2.76. The summed E-state index contributed by atoms with van der Waals surface area (Å²) < 4.78 is 5.67. The molecule has 3 rings (SSSR count). The number of aryl methyl sites for hydroxylation is 1. The molecule has 1 aliphatic rings. The molecule has 5 nitrogen and oxygen atoms in total. The van der Waals surface area contributed by atoms with Gasteiger partial charge in [0, 0.05) is 31.4 Å². The fraction of sp³-hybridized carbons (Fsp3) is 0.350. The number of anilines is 2. The minimum atomic E-state index is -0.569. The van der Waals surface area contributed by atoms with Crippen LogP contribution in [0.5, 0.6) is 5.75 Å². The molecule has 5 heteroatoms. The topological polar surface area (TPSA) is 61.8 Å². The summed E-state index contributed by atoms with van der Waals surface area (Å²) in [4.78, 5) is 13.2. The number of hydrogen-bond acceptors (Lipinski definition) is 4. The number of hydrogen-bond donors (Lipinski definition) is 2. The van der Waals surface area contributed by atoms with Crippen molar-refractivity contribution >= 4 is 17.3 Å². The largest absolute Gasteiger partial charge is 0.491 e. The van der Waals surface area contributed by atoms with Crippen LogP contribution in [0.25, 0.3) is 0 Å². The molecule has 0 radical (unpaired) electrons. The number of β-amino-alcohol motifs (C(OH)–C–C–N with tert-alkyl or cyclic N) is 1. The Balaban J connectivity index is 1.52. The van der Waals surface area contributed by atoms with E-state index in [9.17, 15) is 9.90 Å². The van der Waals surface area contributed by atoms with Gasteiger partial charge in [-0.1, -0.05) is 18.2 Å². The van der Waals surface area contributed by atoms with Crippen LogP contribution in [0.4, 0.5) is 11.4 Å². The van der Waals surface area contributed by atoms with E-state index in [1.165, 1.54) is 23.7 Å². The van der Waals surface area contributed by atoms with Crippen LogP contribution in [0.2, 0.25) is 0 Å². The minimum absolute atomic E-state index is 0.106. The third-order valence-electron chi connectivity index (χ3n) is 4.34. The summed E-state index contributed by atoms with van der Waals surface area (Å²) in [5.74, 6) is 0.566. The highest BCUT2D eigenvalue weighted by Crippen LogP contribution is 2.31. The highest BCUT2D eigenvalue weighted by molar-refractivity contribution is 5.88. The number of benzene rings is 2. The standard InChI is InChI=1S/C20H24N2O3/c1-14-4-3-5-16-10-11-22(20(14)16)12-18(24)13-25-19-8-6-17(7-9-19)21-15(2)23/h3-9,18,24H,10-13H2,1-2H3,(H,21,23). The smallest absolute Gasteiger partial charge is 0.221 e. The Hall–Kier alpha value is -2.53. The summed E-state index contributed by atoms with van der Waals surface area (Å²) in [6.45, 7) is 5.30. The zero-order valence-corrected chi connectivity index (χ0v) is 14.7. The second-order valence-corrected chi connectivity index (χ2v) is 6.45. The molecule has 0 saturated heterocycles. The highest BCUT2D eigenvalue weighted by Gasteiger charge is 2.22. The summed E-state index contributed by atoms with van der Waals surface area (Å²) in [6.07, 6.45) is 0.454. The Morgan fingerprint density at radius 2 is 2.04 bits per heavy atom. The fourth-order valence-corrected chi connectivity index (χ4v) is 3.26. The number of carbonyl (C=O) groups is 1. The molecule has 1 aliphatic heterocycles. The lowest BCUT2D eigenvalue weighted by Crippen LogP contribution is -2.34. The molecule has 2 N–H and O–H groups in total. The molecule has 25 heavy (non-hydrogen) atoms. The first-order valence-electron chi connectivity index (χ1n) is 8.55. The Labute approximate surface area is 148 Å². The van der Waals surface area contributed by atoms with Crippen LogP contribution in [-0.2, 0) is 11.2 Å². The van der Waals surface area contributed by atoms with E-state index in [2.05, 4.69) is 35.3 Å². The van der Waals surface area contributed by atoms with Gasteiger partial charge in [-0.05, 0) is 48.7 Å². The summed E-state index contributed by atoms with van der Waals surface area (Å²) in [5.41, 5.74) is 4.57. The van der Waals surface area contributed by atoms with Gasteiger partial charge in [0.2, 0.25) is 5.91 Å². The van der Waals surface area contributed by atoms with E-state index >= 15 is 0 Å². The van der Waals surface area contributed by atoms with E-state index in [0.717, 1.165) is 18.7 Å². The second kappa shape index (κ2) is 7.57. The number of para-hydroxylation sites is 1. The molecule has 0 aromatic heterocycles. The molecule has 0 bridgehead atoms. The van der Waals surface area contributed by atoms with E-state index in [4.69, 9.17) is 4.74 Å². The normalized spacial score (nSPS) is 14.1. The molecule has 0 aliphatic carbocycles. The van der Waals surface area contributed by atoms with Crippen molar-refractivity contribution in [3.8, 4) is 5.75 Å². The molecule has 1 amide bonds. The molecular weight excluding hydrogens is 316 g/mol. The molecule has 2 aromatic carbocycles. The Morgan fingerprint density at radius 3 is 2.76 bits per heavy atom. The maximum absolute atomic E-state index is 11.0. The predicted molar refractivity (Wildman–Crippen MR) is 99.3 cm³/mol. The highest BCUT2D eigenvalue weighted by atomic mass is 16.5. The van der Waals surface area contributed by atoms with Crippen LogP contribution in [0.15, 0.2) is 42.5 Å². The Bertz CT molecular complexity index is 743. The lowest BCUT2D eigenvalue weighted by Gasteiger charge is -2.24. The molecule has 2 aromatic rings. The number of ether oxygens (including phenoxy) is 1. The van der Waals surface area contributed by atoms with E-state index in [0.29, 0.717) is 12.3 Å². The Kier molecular flexibility index (Phi) is 5.24. The van der Waals surface area contributed by atoms with E-state index < -0.39 is 6.10 Å². The van der Waals surface area contributed by atoms with Crippen LogP contribution in [0.1, 0.15) is 18.1 Å². The van der Waals surface area contributed by atoms with Gasteiger partial charge in [0.05, 0.1) is 0 Å². The minimum Gasteiger partial charge on any atom is -0.491 e. The van der Waals surface area contributed by atoms with Gasteiger partial charge in [-0.3, -0.25) is 4.79 Å². The maximum Gasteiger partial charge on any atom is 0.221 e. The van der Waals surface area contributed by atoms with Crippen molar-refractivity contribution in [1.82, 2.24) is 0 Å². The number of aliphatic hydroxyl groups excluding tert-OH is 1. The number of nitrogens with one attached hydrogen (secondary N) is 1. The summed E-state index contributed by atoms with van der Waals surface area (Å²) in [6, 6.07) is 13.5. The maximum atomic E-state index is 11.0. The second-order valence-electron chi connectivity index (χ2n) is 6.45. The van der Waals surface area contributed by atoms with E-state index in [1.807, 2.05) is 0 Å². The lowest BCUT2D eigenvalue weighted by atomic mass is 10.1. The van der Waals surface area contributed by atoms with Gasteiger partial charge in [0.15, 0.2) is 0 Å². The molecule has 132 valence electrons. The number of fused-ring (bicyclic) bond motifs is 1. The number of aliphatic hydroxyl groups is 1. The molecule has 1 atom stereocenters. The van der Waals surface area contributed by atoms with Crippen molar-refractivity contribution in [3.63, 3.8) is 0 Å². The zero-order valence-electron chi connectivity index (χ0n) is 14.7. The average Bonchev–Trinajstić information content (AvgIpc) is 2.98. The van der Waals surface area contributed by atoms with Gasteiger partial charge in [0.25, 0.3) is 0 Å². The van der Waals surface area contributed by atoms with Gasteiger partial charge in [-0.15, -0.1) is 0 Å². The molecule has 0 fully saturated rings. The van der Waals surface area contributed by atoms with Crippen molar-refractivity contribution in [3.05, 3.63) is 53.6 Å². The van der Waals surface area contributed by atoms with Crippen molar-refractivity contribution in [2.75, 3.05) is 29.9 Å². The van der Waals surface area contributed by atoms with Gasteiger partial charge in [0.1, 0.15) is 18.5 Å². The summed E-state index contributed by atoms with van der Waals surface area (Å²) in [7, 11) is 0. The first-order valence-corrected chi connectivity index (χ1v) is 8.55. The third kappa shape index (κ3) is 4.31. The quantitative estimate of drug-likeness (QED) is 0.849. The van der Waals surface area contributed by atoms with Crippen LogP contribution in [-0.4, -0.2) is 36.8 Å². The van der Waals surface area contributed by atoms with E-state index in [-0.39, 0.29) is 12.5 Å². The third-order valence-corrected chi connectivity index (χ3v) is 4.34. The zero-order chi connectivity index (χ0) is 17.8. The lowest BCUT2D eigenvalue weighted by molar-refractivity contribution is -0.114. The van der Waals surface area contributed by atoms with Crippen molar-refractivity contribution in [2.24, 2.45) is 0 Å². The number of rotatable bonds is 6. The van der Waals surface area contributed by atoms with E-state index in [1.54, 1.807) is 24.3 Å². The fourth-order valence-electron chi connectivity index (χ4n) is 3.26. The molecule has 1 heterocycles. The molecule has 1 unspecified atom stereocenters. The number of carbonyl (C=O) groups excluding carboxylic acids is 1. The van der Waals surface area contributed by atoms with Gasteiger partial charge >= 0.3 is 0 Å². The van der Waals surface area contributed by atoms with Crippen molar-refractivity contribution < 1.29 is 14.6 Å². The first kappa shape index (κ1) is 17.3. The van der Waals surface area contributed by atoms with Gasteiger partial charge in [-0.2, -0.15) is 0 Å². The molecule has 0 spiro atoms. The van der Waals surface area contributed by atoms with Gasteiger partial charge < -0.3 is 20.1 Å². The average molecular weight is 340 g/mol. The van der Waals surface area contributed by atoms with Crippen LogP contribution >= 0.6 is 0 Å². The molecule has 0 saturated carbocycles. The van der Waals surface area contributed by atoms with Crippen LogP contribution in [0.3, 0.4) is 0 Å². The van der Waals surface area contributed by atoms with Gasteiger partial charge in [-0.25, -0.2) is 0 Å². The Morgan fingerprint density at radius 1 is 1.28 bits per heavy atom. The summed E-state index contributed by atoms with van der Waals surface area (Å²) in [5, 5.41) is 13.0. The number of nitrogens with zero attached hydrogens (tertiary/aromatic N) is 1. The van der Waals surface area contributed by atoms with Crippen LogP contribution in [0, 0.1) is 6.92 Å². The van der Waals surface area contributed by atoms with Crippen LogP contribution < -0.4 is 15.0 Å². The summed E-state index contributed by atoms with van der Waals surface area (Å²) >= 11 is 0. The number of amides is 1.